The van der Waals surface area contributed by atoms with Gasteiger partial charge >= 0.3 is 0 Å². The summed E-state index contributed by atoms with van der Waals surface area (Å²) in [4.78, 5) is 0. The van der Waals surface area contributed by atoms with E-state index in [-0.39, 0.29) is 6.04 Å². The second-order valence-corrected chi connectivity index (χ2v) is 5.55. The van der Waals surface area contributed by atoms with Crippen molar-refractivity contribution in [1.82, 2.24) is 9.78 Å². The number of halogens is 2. The lowest BCUT2D eigenvalue weighted by Gasteiger charge is -2.11. The summed E-state index contributed by atoms with van der Waals surface area (Å²) in [5.41, 5.74) is 8.15. The Balaban J connectivity index is 2.25. The van der Waals surface area contributed by atoms with E-state index in [2.05, 4.69) is 40.1 Å². The highest BCUT2D eigenvalue weighted by Gasteiger charge is 2.07. The average Bonchev–Trinajstić information content (AvgIpc) is 2.75. The first-order chi connectivity index (χ1) is 8.60. The second-order valence-electron chi connectivity index (χ2n) is 4.26. The normalized spacial score (nSPS) is 12.7. The molecule has 0 fully saturated rings. The van der Waals surface area contributed by atoms with Gasteiger partial charge in [-0.25, -0.2) is 4.68 Å². The Bertz CT molecular complexity index is 539. The number of nitrogens with two attached hydrogens (primary N) is 1. The van der Waals surface area contributed by atoms with Crippen LogP contribution in [-0.4, -0.2) is 15.8 Å². The van der Waals surface area contributed by atoms with Crippen molar-refractivity contribution in [2.45, 2.75) is 25.8 Å². The molecule has 0 bridgehead atoms. The van der Waals surface area contributed by atoms with E-state index in [1.165, 1.54) is 5.56 Å². The Morgan fingerprint density at radius 1 is 1.50 bits per heavy atom. The number of nitrogens with zero attached hydrogens (tertiary/aromatic N) is 2. The Kier molecular flexibility index (Phi) is 4.43. The van der Waals surface area contributed by atoms with Crippen molar-refractivity contribution < 1.29 is 0 Å². The third kappa shape index (κ3) is 3.13. The van der Waals surface area contributed by atoms with Gasteiger partial charge in [0.25, 0.3) is 0 Å². The summed E-state index contributed by atoms with van der Waals surface area (Å²) in [6.45, 7) is 2.10. The Labute approximate surface area is 120 Å². The van der Waals surface area contributed by atoms with E-state index in [1.807, 2.05) is 6.07 Å². The van der Waals surface area contributed by atoms with Crippen molar-refractivity contribution in [1.29, 1.82) is 0 Å². The van der Waals surface area contributed by atoms with Gasteiger partial charge in [0, 0.05) is 16.7 Å². The van der Waals surface area contributed by atoms with Gasteiger partial charge in [-0.1, -0.05) is 24.6 Å². The maximum atomic E-state index is 5.96. The molecule has 3 nitrogen and oxygen atoms in total. The molecular weight excluding hydrogens is 314 g/mol. The molecular formula is C13H15BrClN3. The minimum atomic E-state index is 0.210. The maximum absolute atomic E-state index is 5.96. The molecule has 0 aliphatic carbocycles. The highest BCUT2D eigenvalue weighted by atomic mass is 79.9. The first kappa shape index (κ1) is 13.6. The van der Waals surface area contributed by atoms with Crippen LogP contribution in [0.2, 0.25) is 5.02 Å². The van der Waals surface area contributed by atoms with Crippen LogP contribution in [0.25, 0.3) is 5.69 Å². The number of hydrogen-bond acceptors (Lipinski definition) is 2. The quantitative estimate of drug-likeness (QED) is 0.932. The van der Waals surface area contributed by atoms with Crippen molar-refractivity contribution in [2.75, 3.05) is 0 Å². The SMILES string of the molecule is CCC(N)Cc1ccc(-n2cc(Cl)cn2)c(Br)c1. The molecule has 0 radical (unpaired) electrons. The van der Waals surface area contributed by atoms with Crippen LogP contribution in [-0.2, 0) is 6.42 Å². The fourth-order valence-electron chi connectivity index (χ4n) is 1.74. The minimum absolute atomic E-state index is 0.210. The zero-order valence-corrected chi connectivity index (χ0v) is 12.4. The van der Waals surface area contributed by atoms with E-state index in [4.69, 9.17) is 17.3 Å². The zero-order valence-electron chi connectivity index (χ0n) is 10.1. The second kappa shape index (κ2) is 5.87. The van der Waals surface area contributed by atoms with E-state index >= 15 is 0 Å². The van der Waals surface area contributed by atoms with Gasteiger partial charge in [0.05, 0.1) is 16.9 Å². The Hall–Kier alpha value is -0.840. The van der Waals surface area contributed by atoms with E-state index in [0.717, 1.165) is 23.0 Å². The summed E-state index contributed by atoms with van der Waals surface area (Å²) in [6, 6.07) is 6.39. The topological polar surface area (TPSA) is 43.8 Å². The van der Waals surface area contributed by atoms with Crippen molar-refractivity contribution in [2.24, 2.45) is 5.73 Å². The van der Waals surface area contributed by atoms with Crippen LogP contribution in [0.1, 0.15) is 18.9 Å². The van der Waals surface area contributed by atoms with Gasteiger partial charge < -0.3 is 5.73 Å². The molecule has 0 saturated heterocycles. The third-order valence-electron chi connectivity index (χ3n) is 2.83. The van der Waals surface area contributed by atoms with E-state index < -0.39 is 0 Å². The van der Waals surface area contributed by atoms with E-state index in [9.17, 15) is 0 Å². The van der Waals surface area contributed by atoms with Gasteiger partial charge in [-0.3, -0.25) is 0 Å². The molecule has 2 rings (SSSR count). The third-order valence-corrected chi connectivity index (χ3v) is 3.66. The van der Waals surface area contributed by atoms with Crippen LogP contribution in [0.4, 0.5) is 0 Å². The van der Waals surface area contributed by atoms with Gasteiger partial charge in [0.15, 0.2) is 0 Å². The van der Waals surface area contributed by atoms with E-state index in [1.54, 1.807) is 17.1 Å². The first-order valence-corrected chi connectivity index (χ1v) is 7.01. The van der Waals surface area contributed by atoms with Gasteiger partial charge in [-0.2, -0.15) is 5.10 Å². The Morgan fingerprint density at radius 2 is 2.28 bits per heavy atom. The highest BCUT2D eigenvalue weighted by molar-refractivity contribution is 9.10. The van der Waals surface area contributed by atoms with Crippen molar-refractivity contribution in [3.63, 3.8) is 0 Å². The molecule has 0 saturated carbocycles. The van der Waals surface area contributed by atoms with Gasteiger partial charge in [-0.05, 0) is 46.5 Å². The van der Waals surface area contributed by atoms with Gasteiger partial charge in [0.2, 0.25) is 0 Å². The van der Waals surface area contributed by atoms with Crippen LogP contribution in [0.15, 0.2) is 35.1 Å². The molecule has 0 spiro atoms. The molecule has 1 atom stereocenters. The number of hydrogen-bond donors (Lipinski definition) is 1. The van der Waals surface area contributed by atoms with E-state index in [0.29, 0.717) is 5.02 Å². The molecule has 1 heterocycles. The monoisotopic (exact) mass is 327 g/mol. The van der Waals surface area contributed by atoms with Crippen LogP contribution in [0.5, 0.6) is 0 Å². The minimum Gasteiger partial charge on any atom is -0.327 e. The first-order valence-electron chi connectivity index (χ1n) is 5.84. The maximum Gasteiger partial charge on any atom is 0.0790 e. The lowest BCUT2D eigenvalue weighted by atomic mass is 10.0. The van der Waals surface area contributed by atoms with Gasteiger partial charge in [-0.15, -0.1) is 0 Å². The standard InChI is InChI=1S/C13H15BrClN3/c1-2-11(16)5-9-3-4-13(12(14)6-9)18-8-10(15)7-17-18/h3-4,6-8,11H,2,5,16H2,1H3. The number of benzene rings is 1. The summed E-state index contributed by atoms with van der Waals surface area (Å²) in [5.74, 6) is 0. The Morgan fingerprint density at radius 3 is 2.83 bits per heavy atom. The smallest absolute Gasteiger partial charge is 0.0790 e. The lowest BCUT2D eigenvalue weighted by molar-refractivity contribution is 0.646. The summed E-state index contributed by atoms with van der Waals surface area (Å²) < 4.78 is 2.73. The summed E-state index contributed by atoms with van der Waals surface area (Å²) in [5, 5.41) is 4.81. The van der Waals surface area contributed by atoms with Crippen molar-refractivity contribution in [3.05, 3.63) is 45.7 Å². The van der Waals surface area contributed by atoms with Crippen LogP contribution < -0.4 is 5.73 Å². The number of rotatable bonds is 4. The fourth-order valence-corrected chi connectivity index (χ4v) is 2.49. The molecule has 18 heavy (non-hydrogen) atoms. The largest absolute Gasteiger partial charge is 0.327 e. The van der Waals surface area contributed by atoms with Gasteiger partial charge in [0.1, 0.15) is 0 Å². The van der Waals surface area contributed by atoms with Crippen molar-refractivity contribution >= 4 is 27.5 Å². The zero-order chi connectivity index (χ0) is 13.1. The fraction of sp³-hybridized carbons (Fsp3) is 0.308. The molecule has 0 amide bonds. The summed E-state index contributed by atoms with van der Waals surface area (Å²) in [6.07, 6.45) is 5.26. The average molecular weight is 329 g/mol. The van der Waals surface area contributed by atoms with Crippen molar-refractivity contribution in [3.8, 4) is 5.69 Å². The molecule has 1 aromatic carbocycles. The molecule has 0 aliphatic heterocycles. The highest BCUT2D eigenvalue weighted by Crippen LogP contribution is 2.23. The molecule has 2 N–H and O–H groups in total. The lowest BCUT2D eigenvalue weighted by Crippen LogP contribution is -2.21. The molecule has 2 aromatic rings. The molecule has 0 aliphatic rings. The van der Waals surface area contributed by atoms with Crippen LogP contribution in [0, 0.1) is 0 Å². The molecule has 5 heteroatoms. The van der Waals surface area contributed by atoms with Crippen LogP contribution in [0.3, 0.4) is 0 Å². The predicted octanol–water partition coefficient (Wildman–Crippen LogP) is 3.57. The molecule has 1 unspecified atom stereocenters. The molecule has 96 valence electrons. The molecule has 1 aromatic heterocycles. The number of aromatic nitrogens is 2. The van der Waals surface area contributed by atoms with Crippen LogP contribution >= 0.6 is 27.5 Å². The summed E-state index contributed by atoms with van der Waals surface area (Å²) in [7, 11) is 0. The summed E-state index contributed by atoms with van der Waals surface area (Å²) >= 11 is 9.43. The predicted molar refractivity (Wildman–Crippen MR) is 78.2 cm³/mol.